The summed E-state index contributed by atoms with van der Waals surface area (Å²) in [7, 11) is 0. The van der Waals surface area contributed by atoms with Crippen LogP contribution in [0.1, 0.15) is 35.7 Å². The van der Waals surface area contributed by atoms with Crippen molar-refractivity contribution >= 4 is 17.7 Å². The predicted molar refractivity (Wildman–Crippen MR) is 70.0 cm³/mol. The van der Waals surface area contributed by atoms with Crippen LogP contribution < -0.4 is 5.32 Å². The Hall–Kier alpha value is -2.68. The zero-order valence-corrected chi connectivity index (χ0v) is 10.9. The number of carboxylic acid groups (broad SMARTS) is 1. The Kier molecular flexibility index (Phi) is 5.42. The van der Waals surface area contributed by atoms with Gasteiger partial charge in [0, 0.05) is 12.0 Å². The highest BCUT2D eigenvalue weighted by atomic mass is 16.4. The van der Waals surface area contributed by atoms with E-state index in [9.17, 15) is 14.4 Å². The van der Waals surface area contributed by atoms with Crippen molar-refractivity contribution in [2.75, 3.05) is 0 Å². The van der Waals surface area contributed by atoms with E-state index in [4.69, 9.17) is 10.4 Å². The van der Waals surface area contributed by atoms with Gasteiger partial charge in [-0.15, -0.1) is 0 Å². The molecule has 0 aromatic heterocycles. The van der Waals surface area contributed by atoms with Gasteiger partial charge in [0.25, 0.3) is 5.91 Å². The molecule has 0 saturated carbocycles. The summed E-state index contributed by atoms with van der Waals surface area (Å²) >= 11 is 0. The number of carbonyl (C=O) groups excluding carboxylic acids is 2. The maximum Gasteiger partial charge on any atom is 0.326 e. The number of carboxylic acids is 1. The Morgan fingerprint density at radius 2 is 1.90 bits per heavy atom. The molecule has 0 spiro atoms. The van der Waals surface area contributed by atoms with Crippen molar-refractivity contribution in [2.24, 2.45) is 0 Å². The van der Waals surface area contributed by atoms with E-state index in [-0.39, 0.29) is 24.2 Å². The second-order valence-corrected chi connectivity index (χ2v) is 4.29. The summed E-state index contributed by atoms with van der Waals surface area (Å²) in [6.07, 6.45) is 0.136. The van der Waals surface area contributed by atoms with E-state index in [2.05, 4.69) is 5.32 Å². The minimum absolute atomic E-state index is 0.0483. The van der Waals surface area contributed by atoms with Gasteiger partial charge in [-0.1, -0.05) is 0 Å². The first kappa shape index (κ1) is 15.4. The molecular formula is C14H14N2O4. The van der Waals surface area contributed by atoms with Crippen LogP contribution in [0.25, 0.3) is 0 Å². The third-order valence-corrected chi connectivity index (χ3v) is 2.66. The average molecular weight is 274 g/mol. The summed E-state index contributed by atoms with van der Waals surface area (Å²) < 4.78 is 0. The minimum Gasteiger partial charge on any atom is -0.480 e. The smallest absolute Gasteiger partial charge is 0.326 e. The second kappa shape index (κ2) is 7.04. The SMILES string of the molecule is CC(=O)CC[C@H](NC(=O)c1ccc(C#N)cc1)C(=O)O. The molecular weight excluding hydrogens is 260 g/mol. The molecule has 1 atom stereocenters. The Balaban J connectivity index is 2.72. The normalized spacial score (nSPS) is 11.2. The summed E-state index contributed by atoms with van der Waals surface area (Å²) in [5.74, 6) is -1.87. The first-order chi connectivity index (χ1) is 9.43. The molecule has 2 N–H and O–H groups in total. The molecule has 0 aliphatic carbocycles. The molecule has 1 aromatic rings. The number of nitrogens with zero attached hydrogens (tertiary/aromatic N) is 1. The quantitative estimate of drug-likeness (QED) is 0.808. The molecule has 0 aliphatic rings. The summed E-state index contributed by atoms with van der Waals surface area (Å²) in [5.41, 5.74) is 0.672. The van der Waals surface area contributed by atoms with E-state index in [0.29, 0.717) is 5.56 Å². The van der Waals surface area contributed by atoms with Gasteiger partial charge in [-0.2, -0.15) is 5.26 Å². The van der Waals surface area contributed by atoms with Crippen LogP contribution in [-0.4, -0.2) is 28.8 Å². The van der Waals surface area contributed by atoms with Crippen LogP contribution in [-0.2, 0) is 9.59 Å². The Bertz CT molecular complexity index is 558. The van der Waals surface area contributed by atoms with Crippen molar-refractivity contribution in [2.45, 2.75) is 25.8 Å². The highest BCUT2D eigenvalue weighted by Crippen LogP contribution is 2.05. The van der Waals surface area contributed by atoms with Crippen LogP contribution >= 0.6 is 0 Å². The number of nitrogens with one attached hydrogen (secondary N) is 1. The number of hydrogen-bond donors (Lipinski definition) is 2. The highest BCUT2D eigenvalue weighted by molar-refractivity contribution is 5.96. The van der Waals surface area contributed by atoms with Crippen molar-refractivity contribution < 1.29 is 19.5 Å². The highest BCUT2D eigenvalue weighted by Gasteiger charge is 2.20. The third kappa shape index (κ3) is 4.53. The maximum absolute atomic E-state index is 11.9. The fourth-order valence-electron chi connectivity index (χ4n) is 1.54. The molecule has 0 radical (unpaired) electrons. The second-order valence-electron chi connectivity index (χ2n) is 4.29. The molecule has 6 heteroatoms. The number of hydrogen-bond acceptors (Lipinski definition) is 4. The molecule has 0 heterocycles. The molecule has 20 heavy (non-hydrogen) atoms. The van der Waals surface area contributed by atoms with E-state index in [1.807, 2.05) is 6.07 Å². The zero-order valence-electron chi connectivity index (χ0n) is 10.9. The van der Waals surface area contributed by atoms with Crippen LogP contribution in [0.15, 0.2) is 24.3 Å². The monoisotopic (exact) mass is 274 g/mol. The fraction of sp³-hybridized carbons (Fsp3) is 0.286. The van der Waals surface area contributed by atoms with Gasteiger partial charge in [-0.25, -0.2) is 4.79 Å². The van der Waals surface area contributed by atoms with E-state index >= 15 is 0 Å². The van der Waals surface area contributed by atoms with E-state index in [1.54, 1.807) is 0 Å². The Morgan fingerprint density at radius 3 is 2.35 bits per heavy atom. The molecule has 0 aliphatic heterocycles. The Morgan fingerprint density at radius 1 is 1.30 bits per heavy atom. The maximum atomic E-state index is 11.9. The summed E-state index contributed by atoms with van der Waals surface area (Å²) in [5, 5.41) is 20.0. The average Bonchev–Trinajstić information content (AvgIpc) is 2.42. The van der Waals surface area contributed by atoms with E-state index in [0.717, 1.165) is 0 Å². The number of amides is 1. The van der Waals surface area contributed by atoms with Gasteiger partial charge in [0.2, 0.25) is 0 Å². The standard InChI is InChI=1S/C14H14N2O4/c1-9(17)2-7-12(14(19)20)16-13(18)11-5-3-10(8-15)4-6-11/h3-6,12H,2,7H2,1H3,(H,16,18)(H,19,20)/t12-/m0/s1. The van der Waals surface area contributed by atoms with Crippen LogP contribution in [0.5, 0.6) is 0 Å². The van der Waals surface area contributed by atoms with Gasteiger partial charge in [0.1, 0.15) is 11.8 Å². The van der Waals surface area contributed by atoms with Crippen molar-refractivity contribution in [3.63, 3.8) is 0 Å². The number of nitriles is 1. The van der Waals surface area contributed by atoms with Gasteiger partial charge < -0.3 is 15.2 Å². The van der Waals surface area contributed by atoms with Crippen molar-refractivity contribution in [3.05, 3.63) is 35.4 Å². The Labute approximate surface area is 116 Å². The van der Waals surface area contributed by atoms with Gasteiger partial charge in [0.05, 0.1) is 11.6 Å². The topological polar surface area (TPSA) is 107 Å². The number of carbonyl (C=O) groups is 3. The van der Waals surface area contributed by atoms with Crippen LogP contribution in [0, 0.1) is 11.3 Å². The zero-order chi connectivity index (χ0) is 15.1. The molecule has 1 rings (SSSR count). The summed E-state index contributed by atoms with van der Waals surface area (Å²) in [6.45, 7) is 1.36. The van der Waals surface area contributed by atoms with E-state index in [1.165, 1.54) is 31.2 Å². The number of ketones is 1. The molecule has 1 amide bonds. The first-order valence-corrected chi connectivity index (χ1v) is 5.97. The fourth-order valence-corrected chi connectivity index (χ4v) is 1.54. The lowest BCUT2D eigenvalue weighted by atomic mass is 10.1. The van der Waals surface area contributed by atoms with E-state index < -0.39 is 17.9 Å². The van der Waals surface area contributed by atoms with Crippen molar-refractivity contribution in [3.8, 4) is 6.07 Å². The number of aliphatic carboxylic acids is 1. The van der Waals surface area contributed by atoms with Crippen LogP contribution in [0.3, 0.4) is 0 Å². The molecule has 0 saturated heterocycles. The lowest BCUT2D eigenvalue weighted by Gasteiger charge is -2.13. The minimum atomic E-state index is -1.19. The van der Waals surface area contributed by atoms with Crippen molar-refractivity contribution in [1.29, 1.82) is 5.26 Å². The molecule has 104 valence electrons. The molecule has 0 bridgehead atoms. The van der Waals surface area contributed by atoms with Gasteiger partial charge in [0.15, 0.2) is 0 Å². The van der Waals surface area contributed by atoms with Crippen LogP contribution in [0.2, 0.25) is 0 Å². The largest absolute Gasteiger partial charge is 0.480 e. The number of rotatable bonds is 6. The van der Waals surface area contributed by atoms with Gasteiger partial charge in [-0.3, -0.25) is 4.79 Å². The van der Waals surface area contributed by atoms with Gasteiger partial charge in [-0.05, 0) is 37.6 Å². The third-order valence-electron chi connectivity index (χ3n) is 2.66. The van der Waals surface area contributed by atoms with Crippen LogP contribution in [0.4, 0.5) is 0 Å². The van der Waals surface area contributed by atoms with Crippen molar-refractivity contribution in [1.82, 2.24) is 5.32 Å². The predicted octanol–water partition coefficient (Wildman–Crippen LogP) is 1.11. The lowest BCUT2D eigenvalue weighted by Crippen LogP contribution is -2.41. The molecule has 0 unspecified atom stereocenters. The summed E-state index contributed by atoms with van der Waals surface area (Å²) in [6, 6.07) is 6.64. The number of benzene rings is 1. The molecule has 1 aromatic carbocycles. The number of Topliss-reactive ketones (excluding diaryl/α,β-unsaturated/α-hetero) is 1. The molecule has 6 nitrogen and oxygen atoms in total. The molecule has 0 fully saturated rings. The first-order valence-electron chi connectivity index (χ1n) is 5.97. The van der Waals surface area contributed by atoms with Gasteiger partial charge >= 0.3 is 5.97 Å². The lowest BCUT2D eigenvalue weighted by molar-refractivity contribution is -0.139. The summed E-state index contributed by atoms with van der Waals surface area (Å²) in [4.78, 5) is 33.7.